The topological polar surface area (TPSA) is 73.9 Å². The molecule has 0 saturated carbocycles. The molecule has 1 N–H and O–H groups in total. The van der Waals surface area contributed by atoms with Crippen molar-refractivity contribution in [2.75, 3.05) is 6.61 Å². The summed E-state index contributed by atoms with van der Waals surface area (Å²) in [6, 6.07) is 14.9. The Morgan fingerprint density at radius 2 is 1.57 bits per heavy atom. The highest BCUT2D eigenvalue weighted by Gasteiger charge is 2.60. The number of nitrogens with one attached hydrogen (secondary N) is 1. The van der Waals surface area contributed by atoms with Crippen LogP contribution in [0.15, 0.2) is 59.1 Å². The monoisotopic (exact) mass is 559 g/mol. The van der Waals surface area contributed by atoms with Crippen LogP contribution >= 0.6 is 15.9 Å². The molecule has 0 aliphatic rings. The van der Waals surface area contributed by atoms with Gasteiger partial charge in [-0.3, -0.25) is 0 Å². The first-order chi connectivity index (χ1) is 16.1. The minimum absolute atomic E-state index is 0.353. The maximum absolute atomic E-state index is 14.1. The molecular weight excluding hydrogens is 531 g/mol. The van der Waals surface area contributed by atoms with Gasteiger partial charge in [0.15, 0.2) is 0 Å². The van der Waals surface area contributed by atoms with Gasteiger partial charge in [-0.2, -0.15) is 13.2 Å². The van der Waals surface area contributed by atoms with Gasteiger partial charge in [0.2, 0.25) is 0 Å². The molecule has 2 unspecified atom stereocenters. The van der Waals surface area contributed by atoms with Crippen molar-refractivity contribution in [1.82, 2.24) is 5.32 Å². The van der Waals surface area contributed by atoms with Crippen molar-refractivity contribution in [2.45, 2.75) is 64.1 Å². The summed E-state index contributed by atoms with van der Waals surface area (Å²) >= 11 is 3.32. The Labute approximate surface area is 211 Å². The van der Waals surface area contributed by atoms with E-state index in [1.54, 1.807) is 75.4 Å². The van der Waals surface area contributed by atoms with Crippen LogP contribution in [-0.4, -0.2) is 36.0 Å². The van der Waals surface area contributed by atoms with Crippen LogP contribution in [0.4, 0.5) is 18.0 Å². The van der Waals surface area contributed by atoms with Gasteiger partial charge in [0.1, 0.15) is 12.2 Å². The second kappa shape index (κ2) is 11.0. The molecule has 6 nitrogen and oxygen atoms in total. The SMILES string of the molecule is CC(C)(C)OC(=O)NC(C)(COC(C)(C(=O)OCc1ccccc1)C(F)(F)F)c1cccc(Br)c1. The lowest BCUT2D eigenvalue weighted by molar-refractivity contribution is -0.275. The zero-order valence-electron chi connectivity index (χ0n) is 20.2. The number of carbonyl (C=O) groups excluding carboxylic acids is 2. The fourth-order valence-electron chi connectivity index (χ4n) is 2.96. The molecule has 0 aliphatic carbocycles. The number of alkyl carbamates (subject to hydrolysis) is 1. The van der Waals surface area contributed by atoms with E-state index in [2.05, 4.69) is 21.2 Å². The smallest absolute Gasteiger partial charge is 0.428 e. The van der Waals surface area contributed by atoms with Crippen molar-refractivity contribution in [3.63, 3.8) is 0 Å². The molecule has 2 atom stereocenters. The highest BCUT2D eigenvalue weighted by molar-refractivity contribution is 9.10. The molecule has 0 fully saturated rings. The summed E-state index contributed by atoms with van der Waals surface area (Å²) in [7, 11) is 0. The number of benzene rings is 2. The summed E-state index contributed by atoms with van der Waals surface area (Å²) < 4.78 is 58.3. The molecule has 0 aromatic heterocycles. The molecule has 0 saturated heterocycles. The maximum Gasteiger partial charge on any atom is 0.428 e. The number of carbonyl (C=O) groups is 2. The summed E-state index contributed by atoms with van der Waals surface area (Å²) in [5.74, 6) is -1.59. The van der Waals surface area contributed by atoms with E-state index in [1.165, 1.54) is 6.92 Å². The Kier molecular flexibility index (Phi) is 8.99. The van der Waals surface area contributed by atoms with E-state index in [0.717, 1.165) is 0 Å². The Morgan fingerprint density at radius 1 is 0.943 bits per heavy atom. The molecule has 10 heteroatoms. The first-order valence-electron chi connectivity index (χ1n) is 10.7. The molecule has 0 spiro atoms. The number of alkyl halides is 3. The van der Waals surface area contributed by atoms with Crippen LogP contribution in [0.2, 0.25) is 0 Å². The summed E-state index contributed by atoms with van der Waals surface area (Å²) in [6.07, 6.45) is -5.95. The van der Waals surface area contributed by atoms with Crippen LogP contribution in [-0.2, 0) is 31.2 Å². The minimum Gasteiger partial charge on any atom is -0.458 e. The second-order valence-corrected chi connectivity index (χ2v) is 10.3. The minimum atomic E-state index is -5.09. The number of hydrogen-bond donors (Lipinski definition) is 1. The van der Waals surface area contributed by atoms with Gasteiger partial charge in [-0.25, -0.2) is 9.59 Å². The molecular formula is C25H29BrF3NO5. The highest BCUT2D eigenvalue weighted by Crippen LogP contribution is 2.37. The Bertz CT molecular complexity index is 1030. The normalized spacial score (nSPS) is 15.5. The number of hydrogen-bond acceptors (Lipinski definition) is 5. The van der Waals surface area contributed by atoms with E-state index in [4.69, 9.17) is 14.2 Å². The number of esters is 1. The molecule has 2 aromatic rings. The predicted molar refractivity (Wildman–Crippen MR) is 128 cm³/mol. The largest absolute Gasteiger partial charge is 0.458 e. The van der Waals surface area contributed by atoms with Crippen molar-refractivity contribution in [3.05, 3.63) is 70.2 Å². The first-order valence-corrected chi connectivity index (χ1v) is 11.5. The van der Waals surface area contributed by atoms with Crippen molar-refractivity contribution in [2.24, 2.45) is 0 Å². The van der Waals surface area contributed by atoms with Gasteiger partial charge >= 0.3 is 18.2 Å². The van der Waals surface area contributed by atoms with E-state index in [-0.39, 0.29) is 6.61 Å². The first kappa shape index (κ1) is 28.6. The van der Waals surface area contributed by atoms with E-state index in [9.17, 15) is 22.8 Å². The molecule has 2 rings (SSSR count). The van der Waals surface area contributed by atoms with Gasteiger partial charge in [0.05, 0.1) is 12.1 Å². The fraction of sp³-hybridized carbons (Fsp3) is 0.440. The quantitative estimate of drug-likeness (QED) is 0.386. The van der Waals surface area contributed by atoms with Gasteiger partial charge < -0.3 is 19.5 Å². The standard InChI is InChI=1S/C25H29BrF3NO5/c1-22(2,3)35-21(32)30-23(4,18-12-9-13-19(26)14-18)16-34-24(5,25(27,28)29)20(31)33-15-17-10-7-6-8-11-17/h6-14H,15-16H2,1-5H3,(H,30,32). The van der Waals surface area contributed by atoms with Crippen LogP contribution < -0.4 is 5.32 Å². The molecule has 0 heterocycles. The van der Waals surface area contributed by atoms with Crippen LogP contribution in [0.3, 0.4) is 0 Å². The molecule has 192 valence electrons. The summed E-state index contributed by atoms with van der Waals surface area (Å²) in [4.78, 5) is 25.1. The van der Waals surface area contributed by atoms with Crippen LogP contribution in [0.25, 0.3) is 0 Å². The van der Waals surface area contributed by atoms with E-state index in [1.807, 2.05) is 0 Å². The second-order valence-electron chi connectivity index (χ2n) is 9.35. The third kappa shape index (κ3) is 7.96. The average Bonchev–Trinajstić information content (AvgIpc) is 2.74. The number of ether oxygens (including phenoxy) is 3. The predicted octanol–water partition coefficient (Wildman–Crippen LogP) is 6.27. The van der Waals surface area contributed by atoms with Crippen molar-refractivity contribution in [1.29, 1.82) is 0 Å². The van der Waals surface area contributed by atoms with Gasteiger partial charge in [0.25, 0.3) is 5.60 Å². The maximum atomic E-state index is 14.1. The number of halogens is 4. The molecule has 0 bridgehead atoms. The summed E-state index contributed by atoms with van der Waals surface area (Å²) in [6.45, 7) is 5.99. The lowest BCUT2D eigenvalue weighted by atomic mass is 9.92. The molecule has 0 aliphatic heterocycles. The summed E-state index contributed by atoms with van der Waals surface area (Å²) in [5.41, 5.74) is -4.66. The Hall–Kier alpha value is -2.59. The summed E-state index contributed by atoms with van der Waals surface area (Å²) in [5, 5.41) is 2.59. The lowest BCUT2D eigenvalue weighted by Crippen LogP contribution is -2.56. The van der Waals surface area contributed by atoms with Gasteiger partial charge in [-0.15, -0.1) is 0 Å². The molecule has 1 amide bonds. The highest BCUT2D eigenvalue weighted by atomic mass is 79.9. The van der Waals surface area contributed by atoms with E-state index < -0.39 is 41.6 Å². The zero-order valence-corrected chi connectivity index (χ0v) is 21.7. The number of rotatable bonds is 8. The van der Waals surface area contributed by atoms with Crippen molar-refractivity contribution < 1.29 is 37.0 Å². The number of amides is 1. The van der Waals surface area contributed by atoms with E-state index in [0.29, 0.717) is 22.5 Å². The molecule has 2 aromatic carbocycles. The van der Waals surface area contributed by atoms with Crippen molar-refractivity contribution in [3.8, 4) is 0 Å². The average molecular weight is 560 g/mol. The molecule has 0 radical (unpaired) electrons. The Morgan fingerprint density at radius 3 is 2.11 bits per heavy atom. The Balaban J connectivity index is 2.31. The molecule has 35 heavy (non-hydrogen) atoms. The van der Waals surface area contributed by atoms with Crippen LogP contribution in [0.1, 0.15) is 45.7 Å². The van der Waals surface area contributed by atoms with Crippen molar-refractivity contribution >= 4 is 28.0 Å². The van der Waals surface area contributed by atoms with Gasteiger partial charge in [-0.1, -0.05) is 58.4 Å². The third-order valence-corrected chi connectivity index (χ3v) is 5.52. The third-order valence-electron chi connectivity index (χ3n) is 5.03. The van der Waals surface area contributed by atoms with Crippen LogP contribution in [0, 0.1) is 0 Å². The van der Waals surface area contributed by atoms with Gasteiger partial charge in [-0.05, 0) is 57.9 Å². The zero-order chi connectivity index (χ0) is 26.5. The fourth-order valence-corrected chi connectivity index (χ4v) is 3.36. The lowest BCUT2D eigenvalue weighted by Gasteiger charge is -2.37. The van der Waals surface area contributed by atoms with E-state index >= 15 is 0 Å². The van der Waals surface area contributed by atoms with Gasteiger partial charge in [0, 0.05) is 4.47 Å². The van der Waals surface area contributed by atoms with Crippen LogP contribution in [0.5, 0.6) is 0 Å².